The van der Waals surface area contributed by atoms with Crippen LogP contribution in [0.1, 0.15) is 17.0 Å². The van der Waals surface area contributed by atoms with Crippen LogP contribution >= 0.6 is 11.6 Å². The molecule has 0 saturated carbocycles. The van der Waals surface area contributed by atoms with Gasteiger partial charge in [-0.25, -0.2) is 15.0 Å². The third-order valence-electron chi connectivity index (χ3n) is 3.26. The normalized spacial score (nSPS) is 14.4. The predicted molar refractivity (Wildman–Crippen MR) is 70.8 cm³/mol. The van der Waals surface area contributed by atoms with Crippen LogP contribution < -0.4 is 4.90 Å². The van der Waals surface area contributed by atoms with Crippen molar-refractivity contribution < 1.29 is 0 Å². The molecular weight excluding hydrogens is 248 g/mol. The largest absolute Gasteiger partial charge is 0.351 e. The first-order valence-electron chi connectivity index (χ1n) is 5.90. The summed E-state index contributed by atoms with van der Waals surface area (Å²) in [6, 6.07) is 3.71. The molecule has 3 heterocycles. The van der Waals surface area contributed by atoms with E-state index >= 15 is 0 Å². The van der Waals surface area contributed by atoms with Crippen molar-refractivity contribution in [1.29, 1.82) is 0 Å². The number of halogens is 1. The lowest BCUT2D eigenvalue weighted by molar-refractivity contribution is 0.690. The summed E-state index contributed by atoms with van der Waals surface area (Å²) in [7, 11) is 0. The summed E-state index contributed by atoms with van der Waals surface area (Å²) in [4.78, 5) is 15.1. The van der Waals surface area contributed by atoms with Crippen molar-refractivity contribution in [2.45, 2.75) is 19.9 Å². The Balaban J connectivity index is 1.96. The molecule has 5 heteroatoms. The Labute approximate surface area is 111 Å². The molecule has 0 N–H and O–H groups in total. The molecule has 1 aliphatic rings. The third kappa shape index (κ3) is 1.93. The molecule has 92 valence electrons. The van der Waals surface area contributed by atoms with Gasteiger partial charge in [-0.3, -0.25) is 0 Å². The molecule has 0 atom stereocenters. The third-order valence-corrected chi connectivity index (χ3v) is 3.55. The van der Waals surface area contributed by atoms with Crippen molar-refractivity contribution in [3.8, 4) is 0 Å². The van der Waals surface area contributed by atoms with E-state index in [0.29, 0.717) is 5.02 Å². The average Bonchev–Trinajstić information content (AvgIpc) is 2.40. The average molecular weight is 261 g/mol. The van der Waals surface area contributed by atoms with Gasteiger partial charge in [0, 0.05) is 37.0 Å². The fourth-order valence-electron chi connectivity index (χ4n) is 2.27. The molecule has 0 aromatic carbocycles. The minimum absolute atomic E-state index is 0.690. The SMILES string of the molecule is Cc1ncnc2c1CN(c1ncccc1Cl)CC2. The van der Waals surface area contributed by atoms with E-state index in [4.69, 9.17) is 11.6 Å². The van der Waals surface area contributed by atoms with Crippen molar-refractivity contribution in [2.75, 3.05) is 11.4 Å². The zero-order valence-corrected chi connectivity index (χ0v) is 10.9. The minimum Gasteiger partial charge on any atom is -0.351 e. The van der Waals surface area contributed by atoms with E-state index in [1.54, 1.807) is 12.5 Å². The van der Waals surface area contributed by atoms with E-state index in [1.807, 2.05) is 19.1 Å². The van der Waals surface area contributed by atoms with Crippen molar-refractivity contribution in [2.24, 2.45) is 0 Å². The summed E-state index contributed by atoms with van der Waals surface area (Å²) in [6.45, 7) is 3.68. The number of fused-ring (bicyclic) bond motifs is 1. The molecule has 0 radical (unpaired) electrons. The smallest absolute Gasteiger partial charge is 0.147 e. The summed E-state index contributed by atoms with van der Waals surface area (Å²) in [5, 5.41) is 0.690. The van der Waals surface area contributed by atoms with Gasteiger partial charge >= 0.3 is 0 Å². The van der Waals surface area contributed by atoms with Gasteiger partial charge in [0.25, 0.3) is 0 Å². The Morgan fingerprint density at radius 2 is 2.17 bits per heavy atom. The number of hydrogen-bond donors (Lipinski definition) is 0. The summed E-state index contributed by atoms with van der Waals surface area (Å²) in [6.07, 6.45) is 4.31. The van der Waals surface area contributed by atoms with Crippen LogP contribution in [0.2, 0.25) is 5.02 Å². The Morgan fingerprint density at radius 1 is 1.28 bits per heavy atom. The molecule has 2 aromatic rings. The van der Waals surface area contributed by atoms with Crippen LogP contribution in [0.4, 0.5) is 5.82 Å². The van der Waals surface area contributed by atoms with Crippen LogP contribution in [0.15, 0.2) is 24.7 Å². The molecule has 0 spiro atoms. The topological polar surface area (TPSA) is 41.9 Å². The first-order chi connectivity index (χ1) is 8.75. The van der Waals surface area contributed by atoms with Crippen molar-refractivity contribution in [3.05, 3.63) is 46.6 Å². The Hall–Kier alpha value is -1.68. The van der Waals surface area contributed by atoms with Crippen LogP contribution in [0.5, 0.6) is 0 Å². The fourth-order valence-corrected chi connectivity index (χ4v) is 2.51. The zero-order chi connectivity index (χ0) is 12.5. The first kappa shape index (κ1) is 11.4. The number of anilines is 1. The molecule has 0 aliphatic carbocycles. The van der Waals surface area contributed by atoms with Gasteiger partial charge in [0.1, 0.15) is 12.1 Å². The second kappa shape index (κ2) is 4.53. The van der Waals surface area contributed by atoms with E-state index in [2.05, 4.69) is 19.9 Å². The van der Waals surface area contributed by atoms with E-state index in [-0.39, 0.29) is 0 Å². The lowest BCUT2D eigenvalue weighted by Crippen LogP contribution is -2.32. The highest BCUT2D eigenvalue weighted by molar-refractivity contribution is 6.32. The van der Waals surface area contributed by atoms with Gasteiger partial charge in [-0.15, -0.1) is 0 Å². The highest BCUT2D eigenvalue weighted by atomic mass is 35.5. The molecule has 3 rings (SSSR count). The monoisotopic (exact) mass is 260 g/mol. The van der Waals surface area contributed by atoms with Gasteiger partial charge in [0.15, 0.2) is 0 Å². The van der Waals surface area contributed by atoms with Gasteiger partial charge in [-0.1, -0.05) is 11.6 Å². The van der Waals surface area contributed by atoms with Crippen LogP contribution in [-0.2, 0) is 13.0 Å². The van der Waals surface area contributed by atoms with E-state index < -0.39 is 0 Å². The van der Waals surface area contributed by atoms with Crippen LogP contribution in [-0.4, -0.2) is 21.5 Å². The van der Waals surface area contributed by atoms with Crippen molar-refractivity contribution >= 4 is 17.4 Å². The Morgan fingerprint density at radius 3 is 3.00 bits per heavy atom. The number of aryl methyl sites for hydroxylation is 1. The quantitative estimate of drug-likeness (QED) is 0.790. The fraction of sp³-hybridized carbons (Fsp3) is 0.308. The maximum absolute atomic E-state index is 6.19. The number of hydrogen-bond acceptors (Lipinski definition) is 4. The first-order valence-corrected chi connectivity index (χ1v) is 6.28. The molecule has 0 fully saturated rings. The molecular formula is C13H13ClN4. The van der Waals surface area contributed by atoms with Gasteiger partial charge in [0.2, 0.25) is 0 Å². The molecule has 2 aromatic heterocycles. The van der Waals surface area contributed by atoms with Gasteiger partial charge in [0.05, 0.1) is 10.7 Å². The molecule has 4 nitrogen and oxygen atoms in total. The van der Waals surface area contributed by atoms with E-state index in [9.17, 15) is 0 Å². The number of rotatable bonds is 1. The number of aromatic nitrogens is 3. The van der Waals surface area contributed by atoms with Crippen LogP contribution in [0, 0.1) is 6.92 Å². The highest BCUT2D eigenvalue weighted by Crippen LogP contribution is 2.28. The van der Waals surface area contributed by atoms with Crippen LogP contribution in [0.3, 0.4) is 0 Å². The maximum atomic E-state index is 6.19. The van der Waals surface area contributed by atoms with Gasteiger partial charge < -0.3 is 4.90 Å². The van der Waals surface area contributed by atoms with Crippen LogP contribution in [0.25, 0.3) is 0 Å². The molecule has 0 bridgehead atoms. The Bertz CT molecular complexity index is 585. The molecule has 0 amide bonds. The van der Waals surface area contributed by atoms with Gasteiger partial charge in [-0.2, -0.15) is 0 Å². The lowest BCUT2D eigenvalue weighted by Gasteiger charge is -2.30. The van der Waals surface area contributed by atoms with E-state index in [1.165, 1.54) is 5.56 Å². The van der Waals surface area contributed by atoms with Crippen molar-refractivity contribution in [1.82, 2.24) is 15.0 Å². The second-order valence-electron chi connectivity index (χ2n) is 4.36. The second-order valence-corrected chi connectivity index (χ2v) is 4.77. The molecule has 18 heavy (non-hydrogen) atoms. The minimum atomic E-state index is 0.690. The maximum Gasteiger partial charge on any atom is 0.147 e. The molecule has 0 saturated heterocycles. The van der Waals surface area contributed by atoms with Gasteiger partial charge in [-0.05, 0) is 19.1 Å². The zero-order valence-electron chi connectivity index (χ0n) is 10.1. The number of pyridine rings is 1. The van der Waals surface area contributed by atoms with Crippen molar-refractivity contribution in [3.63, 3.8) is 0 Å². The Kier molecular flexibility index (Phi) is 2.88. The molecule has 1 aliphatic heterocycles. The standard InChI is InChI=1S/C13H13ClN4/c1-9-10-7-18(6-4-12(10)17-8-16-9)13-11(14)3-2-5-15-13/h2-3,5,8H,4,6-7H2,1H3. The lowest BCUT2D eigenvalue weighted by atomic mass is 10.0. The summed E-state index contributed by atoms with van der Waals surface area (Å²) in [5.41, 5.74) is 3.38. The number of nitrogens with zero attached hydrogens (tertiary/aromatic N) is 4. The molecule has 0 unspecified atom stereocenters. The predicted octanol–water partition coefficient (Wildman–Crippen LogP) is 2.40. The summed E-state index contributed by atoms with van der Waals surface area (Å²) >= 11 is 6.19. The summed E-state index contributed by atoms with van der Waals surface area (Å²) < 4.78 is 0. The summed E-state index contributed by atoms with van der Waals surface area (Å²) in [5.74, 6) is 0.841. The highest BCUT2D eigenvalue weighted by Gasteiger charge is 2.21. The van der Waals surface area contributed by atoms with E-state index in [0.717, 1.165) is 36.7 Å².